The number of nitrogens with zero attached hydrogens (tertiary/aromatic N) is 2. The molecule has 0 saturated carbocycles. The average Bonchev–Trinajstić information content (AvgIpc) is 3.25. The predicted molar refractivity (Wildman–Crippen MR) is 128 cm³/mol. The van der Waals surface area contributed by atoms with Crippen LogP contribution in [0.1, 0.15) is 63.6 Å². The molecule has 1 amide bonds. The highest BCUT2D eigenvalue weighted by Gasteiger charge is 2.45. The Morgan fingerprint density at radius 2 is 1.81 bits per heavy atom. The molecule has 2 aromatic carbocycles. The number of aryl methyl sites for hydroxylation is 2. The first-order chi connectivity index (χ1) is 15.3. The number of thiazole rings is 1. The Morgan fingerprint density at radius 1 is 1.09 bits per heavy atom. The number of rotatable bonds is 3. The largest absolute Gasteiger partial charge is 0.450 e. The van der Waals surface area contributed by atoms with E-state index in [1.165, 1.54) is 16.9 Å². The summed E-state index contributed by atoms with van der Waals surface area (Å²) in [4.78, 5) is 34.4. The molecular weight excluding hydrogens is 444 g/mol. The number of halogens is 1. The van der Waals surface area contributed by atoms with Crippen LogP contribution in [0.3, 0.4) is 0 Å². The predicted octanol–water partition coefficient (Wildman–Crippen LogP) is 6.39. The lowest BCUT2D eigenvalue weighted by Gasteiger charge is -2.23. The van der Waals surface area contributed by atoms with Gasteiger partial charge in [0.2, 0.25) is 5.76 Å². The van der Waals surface area contributed by atoms with E-state index in [2.05, 4.69) is 18.8 Å². The molecule has 1 aliphatic heterocycles. The standard InChI is InChI=1S/C25H21ClN2O3S/c1-12(2)15-5-7-16(8-6-15)21-20-22(29)18-11-17(26)9-10-19(18)31-23(20)24(30)28(21)25-27-13(3)14(4)32-25/h5-12,21H,1-4H3/t21-/m1/s1. The summed E-state index contributed by atoms with van der Waals surface area (Å²) in [5, 5.41) is 1.35. The number of hydrogen-bond acceptors (Lipinski definition) is 5. The minimum absolute atomic E-state index is 0.0632. The van der Waals surface area contributed by atoms with Crippen LogP contribution in [0, 0.1) is 13.8 Å². The molecule has 0 aliphatic carbocycles. The lowest BCUT2D eigenvalue weighted by molar-refractivity contribution is 0.0971. The van der Waals surface area contributed by atoms with E-state index in [1.807, 2.05) is 38.1 Å². The average molecular weight is 465 g/mol. The summed E-state index contributed by atoms with van der Waals surface area (Å²) >= 11 is 7.58. The van der Waals surface area contributed by atoms with Crippen LogP contribution >= 0.6 is 22.9 Å². The van der Waals surface area contributed by atoms with Gasteiger partial charge in [-0.3, -0.25) is 14.5 Å². The fourth-order valence-corrected chi connectivity index (χ4v) is 5.19. The summed E-state index contributed by atoms with van der Waals surface area (Å²) in [7, 11) is 0. The van der Waals surface area contributed by atoms with Crippen LogP contribution in [-0.2, 0) is 0 Å². The van der Waals surface area contributed by atoms with Crippen molar-refractivity contribution in [2.75, 3.05) is 4.90 Å². The highest BCUT2D eigenvalue weighted by molar-refractivity contribution is 7.15. The van der Waals surface area contributed by atoms with Crippen LogP contribution in [0.2, 0.25) is 5.02 Å². The lowest BCUT2D eigenvalue weighted by atomic mass is 9.95. The molecular formula is C25H21ClN2O3S. The van der Waals surface area contributed by atoms with Crippen LogP contribution in [0.25, 0.3) is 11.0 Å². The maximum atomic E-state index is 13.6. The Bertz CT molecular complexity index is 1420. The van der Waals surface area contributed by atoms with Gasteiger partial charge in [0.15, 0.2) is 10.6 Å². The maximum absolute atomic E-state index is 13.6. The second kappa shape index (κ2) is 7.57. The van der Waals surface area contributed by atoms with Crippen molar-refractivity contribution in [2.45, 2.75) is 39.7 Å². The number of amides is 1. The molecule has 32 heavy (non-hydrogen) atoms. The minimum atomic E-state index is -0.622. The lowest BCUT2D eigenvalue weighted by Crippen LogP contribution is -2.29. The summed E-state index contributed by atoms with van der Waals surface area (Å²) in [6.07, 6.45) is 0. The van der Waals surface area contributed by atoms with E-state index in [4.69, 9.17) is 16.0 Å². The van der Waals surface area contributed by atoms with Crippen molar-refractivity contribution in [3.05, 3.63) is 90.7 Å². The fourth-order valence-electron chi connectivity index (χ4n) is 4.08. The second-order valence-electron chi connectivity index (χ2n) is 8.35. The van der Waals surface area contributed by atoms with Crippen molar-refractivity contribution in [1.82, 2.24) is 4.98 Å². The Hall–Kier alpha value is -2.96. The van der Waals surface area contributed by atoms with Gasteiger partial charge >= 0.3 is 0 Å². The Morgan fingerprint density at radius 3 is 2.44 bits per heavy atom. The van der Waals surface area contributed by atoms with E-state index in [-0.39, 0.29) is 17.1 Å². The molecule has 1 aliphatic rings. The molecule has 5 nitrogen and oxygen atoms in total. The molecule has 0 spiro atoms. The van der Waals surface area contributed by atoms with Gasteiger partial charge in [-0.25, -0.2) is 4.98 Å². The molecule has 5 rings (SSSR count). The molecule has 0 saturated heterocycles. The molecule has 0 fully saturated rings. The van der Waals surface area contributed by atoms with Crippen LogP contribution in [0.15, 0.2) is 51.7 Å². The van der Waals surface area contributed by atoms with Crippen LogP contribution < -0.4 is 10.3 Å². The molecule has 4 aromatic rings. The van der Waals surface area contributed by atoms with Gasteiger partial charge < -0.3 is 4.42 Å². The molecule has 0 bridgehead atoms. The monoisotopic (exact) mass is 464 g/mol. The first-order valence-corrected chi connectivity index (χ1v) is 11.6. The van der Waals surface area contributed by atoms with Gasteiger partial charge in [-0.1, -0.05) is 49.7 Å². The van der Waals surface area contributed by atoms with Gasteiger partial charge in [-0.15, -0.1) is 11.3 Å². The SMILES string of the molecule is Cc1nc(N2C(=O)c3oc4ccc(Cl)cc4c(=O)c3[C@H]2c2ccc(C(C)C)cc2)sc1C. The number of fused-ring (bicyclic) bond motifs is 2. The summed E-state index contributed by atoms with van der Waals surface area (Å²) in [6.45, 7) is 8.13. The number of aromatic nitrogens is 1. The Kier molecular flexibility index (Phi) is 4.95. The van der Waals surface area contributed by atoms with Crippen molar-refractivity contribution < 1.29 is 9.21 Å². The summed E-state index contributed by atoms with van der Waals surface area (Å²) in [5.74, 6) is 0.0759. The van der Waals surface area contributed by atoms with Crippen LogP contribution in [0.5, 0.6) is 0 Å². The number of hydrogen-bond donors (Lipinski definition) is 0. The first kappa shape index (κ1) is 20.9. The molecule has 0 unspecified atom stereocenters. The molecule has 0 radical (unpaired) electrons. The third-order valence-electron chi connectivity index (χ3n) is 5.97. The van der Waals surface area contributed by atoms with E-state index < -0.39 is 6.04 Å². The first-order valence-electron chi connectivity index (χ1n) is 10.4. The Balaban J connectivity index is 1.79. The molecule has 2 aromatic heterocycles. The highest BCUT2D eigenvalue weighted by Crippen LogP contribution is 2.43. The van der Waals surface area contributed by atoms with Gasteiger partial charge in [-0.05, 0) is 49.1 Å². The zero-order valence-electron chi connectivity index (χ0n) is 18.1. The number of benzene rings is 2. The molecule has 3 heterocycles. The number of carbonyl (C=O) groups excluding carboxylic acids is 1. The minimum Gasteiger partial charge on any atom is -0.450 e. The Labute approximate surface area is 194 Å². The van der Waals surface area contributed by atoms with Gasteiger partial charge in [0.1, 0.15) is 5.58 Å². The van der Waals surface area contributed by atoms with Gasteiger partial charge in [0.05, 0.1) is 22.7 Å². The normalized spacial score (nSPS) is 15.8. The number of anilines is 1. The molecule has 0 N–H and O–H groups in total. The third kappa shape index (κ3) is 3.17. The fraction of sp³-hybridized carbons (Fsp3) is 0.240. The summed E-state index contributed by atoms with van der Waals surface area (Å²) < 4.78 is 5.98. The van der Waals surface area contributed by atoms with Gasteiger partial charge in [0.25, 0.3) is 5.91 Å². The smallest absolute Gasteiger partial charge is 0.297 e. The van der Waals surface area contributed by atoms with Crippen LogP contribution in [-0.4, -0.2) is 10.9 Å². The molecule has 162 valence electrons. The summed E-state index contributed by atoms with van der Waals surface area (Å²) in [6, 6.07) is 12.3. The molecule has 1 atom stereocenters. The second-order valence-corrected chi connectivity index (χ2v) is 9.97. The van der Waals surface area contributed by atoms with E-state index in [9.17, 15) is 9.59 Å². The number of carbonyl (C=O) groups is 1. The summed E-state index contributed by atoms with van der Waals surface area (Å²) in [5.41, 5.74) is 3.30. The van der Waals surface area contributed by atoms with Crippen LogP contribution in [0.4, 0.5) is 5.13 Å². The van der Waals surface area contributed by atoms with Crippen molar-refractivity contribution in [3.63, 3.8) is 0 Å². The van der Waals surface area contributed by atoms with Crippen molar-refractivity contribution in [1.29, 1.82) is 0 Å². The van der Waals surface area contributed by atoms with E-state index in [1.54, 1.807) is 23.1 Å². The zero-order chi connectivity index (χ0) is 22.7. The topological polar surface area (TPSA) is 63.4 Å². The van der Waals surface area contributed by atoms with E-state index >= 15 is 0 Å². The van der Waals surface area contributed by atoms with Crippen molar-refractivity contribution >= 4 is 44.9 Å². The third-order valence-corrected chi connectivity index (χ3v) is 7.28. The zero-order valence-corrected chi connectivity index (χ0v) is 19.7. The highest BCUT2D eigenvalue weighted by atomic mass is 35.5. The van der Waals surface area contributed by atoms with Gasteiger partial charge in [-0.2, -0.15) is 0 Å². The quantitative estimate of drug-likeness (QED) is 0.352. The van der Waals surface area contributed by atoms with Crippen molar-refractivity contribution in [2.24, 2.45) is 0 Å². The molecule has 7 heteroatoms. The van der Waals surface area contributed by atoms with E-state index in [0.29, 0.717) is 32.6 Å². The van der Waals surface area contributed by atoms with Gasteiger partial charge in [0, 0.05) is 9.90 Å². The maximum Gasteiger partial charge on any atom is 0.297 e. The van der Waals surface area contributed by atoms with E-state index in [0.717, 1.165) is 16.1 Å². The van der Waals surface area contributed by atoms with Crippen molar-refractivity contribution in [3.8, 4) is 0 Å².